The Morgan fingerprint density at radius 2 is 2.36 bits per heavy atom. The summed E-state index contributed by atoms with van der Waals surface area (Å²) in [6.07, 6.45) is 12.6. The van der Waals surface area contributed by atoms with Crippen LogP contribution in [0.2, 0.25) is 0 Å². The lowest BCUT2D eigenvalue weighted by Gasteiger charge is -2.24. The lowest BCUT2D eigenvalue weighted by atomic mass is 9.95. The highest BCUT2D eigenvalue weighted by Crippen LogP contribution is 2.21. The Bertz CT molecular complexity index is 206. The highest BCUT2D eigenvalue weighted by molar-refractivity contribution is 5.24. The molecule has 11 heavy (non-hydrogen) atoms. The first kappa shape index (κ1) is 8.24. The Hall–Kier alpha value is -0.860. The van der Waals surface area contributed by atoms with Gasteiger partial charge in [0.2, 0.25) is 0 Å². The van der Waals surface area contributed by atoms with Gasteiger partial charge in [0, 0.05) is 6.42 Å². The molecule has 0 saturated heterocycles. The predicted molar refractivity (Wildman–Crippen MR) is 45.7 cm³/mol. The van der Waals surface area contributed by atoms with Gasteiger partial charge < -0.3 is 0 Å². The van der Waals surface area contributed by atoms with Gasteiger partial charge in [-0.25, -0.2) is 5.90 Å². The van der Waals surface area contributed by atoms with Crippen LogP contribution in [0.4, 0.5) is 0 Å². The second-order valence-electron chi connectivity index (χ2n) is 2.56. The van der Waals surface area contributed by atoms with E-state index < -0.39 is 5.60 Å². The molecule has 0 heterocycles. The number of nitrogens with two attached hydrogens (primary N) is 1. The minimum absolute atomic E-state index is 0.399. The van der Waals surface area contributed by atoms with Crippen molar-refractivity contribution in [2.24, 2.45) is 5.90 Å². The average Bonchev–Trinajstić information content (AvgIpc) is 2.07. The topological polar surface area (TPSA) is 35.2 Å². The monoisotopic (exact) mass is 151 g/mol. The maximum Gasteiger partial charge on any atom is 0.129 e. The Labute approximate surface area is 67.0 Å². The molecular weight excluding hydrogens is 138 g/mol. The molecule has 2 N–H and O–H groups in total. The summed E-state index contributed by atoms with van der Waals surface area (Å²) in [4.78, 5) is 4.89. The van der Waals surface area contributed by atoms with E-state index in [1.165, 1.54) is 0 Å². The molecule has 0 amide bonds. The minimum atomic E-state index is -0.399. The molecule has 0 fully saturated rings. The van der Waals surface area contributed by atoms with Crippen LogP contribution in [0.1, 0.15) is 13.3 Å². The highest BCUT2D eigenvalue weighted by atomic mass is 16.6. The second kappa shape index (κ2) is 3.51. The van der Waals surface area contributed by atoms with Crippen molar-refractivity contribution < 1.29 is 4.84 Å². The van der Waals surface area contributed by atoms with Crippen LogP contribution in [-0.4, -0.2) is 5.60 Å². The van der Waals surface area contributed by atoms with E-state index in [9.17, 15) is 0 Å². The first-order valence-corrected chi connectivity index (χ1v) is 3.69. The number of hydrogen-bond acceptors (Lipinski definition) is 2. The molecule has 2 nitrogen and oxygen atoms in total. The van der Waals surface area contributed by atoms with Gasteiger partial charge in [-0.05, 0) is 13.0 Å². The minimum Gasteiger partial charge on any atom is -0.289 e. The lowest BCUT2D eigenvalue weighted by molar-refractivity contribution is 0.0282. The predicted octanol–water partition coefficient (Wildman–Crippen LogP) is 1.71. The molecule has 2 heteroatoms. The van der Waals surface area contributed by atoms with Crippen molar-refractivity contribution in [1.82, 2.24) is 0 Å². The first-order chi connectivity index (χ1) is 5.33. The van der Waals surface area contributed by atoms with Crippen molar-refractivity contribution in [2.75, 3.05) is 0 Å². The van der Waals surface area contributed by atoms with E-state index in [-0.39, 0.29) is 0 Å². The Balaban J connectivity index is 2.76. The van der Waals surface area contributed by atoms with E-state index in [2.05, 4.69) is 0 Å². The molecule has 0 aliphatic heterocycles. The van der Waals surface area contributed by atoms with Crippen LogP contribution in [-0.2, 0) is 4.84 Å². The van der Waals surface area contributed by atoms with Crippen molar-refractivity contribution in [3.8, 4) is 0 Å². The van der Waals surface area contributed by atoms with E-state index >= 15 is 0 Å². The SMILES string of the molecule is CC=CC1(ON)C=CC=CC1. The van der Waals surface area contributed by atoms with Gasteiger partial charge >= 0.3 is 0 Å². The molecule has 1 aliphatic carbocycles. The van der Waals surface area contributed by atoms with Gasteiger partial charge in [-0.3, -0.25) is 4.84 Å². The number of allylic oxidation sites excluding steroid dienone is 3. The normalized spacial score (nSPS) is 30.0. The van der Waals surface area contributed by atoms with Crippen LogP contribution < -0.4 is 5.90 Å². The molecule has 0 aromatic rings. The largest absolute Gasteiger partial charge is 0.289 e. The van der Waals surface area contributed by atoms with Crippen LogP contribution in [0, 0.1) is 0 Å². The van der Waals surface area contributed by atoms with Crippen molar-refractivity contribution in [2.45, 2.75) is 18.9 Å². The molecule has 1 atom stereocenters. The summed E-state index contributed by atoms with van der Waals surface area (Å²) in [5, 5.41) is 0. The summed E-state index contributed by atoms with van der Waals surface area (Å²) in [6, 6.07) is 0. The van der Waals surface area contributed by atoms with Gasteiger partial charge in [-0.15, -0.1) is 0 Å². The van der Waals surface area contributed by atoms with Gasteiger partial charge in [0.15, 0.2) is 0 Å². The van der Waals surface area contributed by atoms with Gasteiger partial charge in [0.1, 0.15) is 5.60 Å². The average molecular weight is 151 g/mol. The third-order valence-corrected chi connectivity index (χ3v) is 1.73. The van der Waals surface area contributed by atoms with Crippen molar-refractivity contribution in [3.05, 3.63) is 36.5 Å². The summed E-state index contributed by atoms with van der Waals surface area (Å²) in [5.41, 5.74) is -0.399. The fourth-order valence-electron chi connectivity index (χ4n) is 1.15. The molecule has 60 valence electrons. The fraction of sp³-hybridized carbons (Fsp3) is 0.333. The molecule has 0 aromatic carbocycles. The zero-order valence-electron chi connectivity index (χ0n) is 6.66. The van der Waals surface area contributed by atoms with Crippen LogP contribution >= 0.6 is 0 Å². The van der Waals surface area contributed by atoms with E-state index in [0.29, 0.717) is 0 Å². The van der Waals surface area contributed by atoms with Gasteiger partial charge in [0.25, 0.3) is 0 Å². The molecule has 0 bridgehead atoms. The summed E-state index contributed by atoms with van der Waals surface area (Å²) in [6.45, 7) is 1.95. The molecule has 1 unspecified atom stereocenters. The number of hydrogen-bond donors (Lipinski definition) is 1. The molecule has 0 spiro atoms. The summed E-state index contributed by atoms with van der Waals surface area (Å²) >= 11 is 0. The summed E-state index contributed by atoms with van der Waals surface area (Å²) in [5.74, 6) is 5.19. The zero-order valence-corrected chi connectivity index (χ0v) is 6.66. The van der Waals surface area contributed by atoms with Gasteiger partial charge in [-0.1, -0.05) is 30.4 Å². The molecule has 1 rings (SSSR count). The molecule has 1 aliphatic rings. The molecular formula is C9H13NO. The van der Waals surface area contributed by atoms with Crippen LogP contribution in [0.25, 0.3) is 0 Å². The Kier molecular flexibility index (Phi) is 2.63. The molecule has 0 radical (unpaired) electrons. The smallest absolute Gasteiger partial charge is 0.129 e. The van der Waals surface area contributed by atoms with Crippen LogP contribution in [0.5, 0.6) is 0 Å². The Morgan fingerprint density at radius 1 is 1.55 bits per heavy atom. The number of rotatable bonds is 2. The van der Waals surface area contributed by atoms with E-state index in [1.807, 2.05) is 43.4 Å². The van der Waals surface area contributed by atoms with Crippen molar-refractivity contribution in [3.63, 3.8) is 0 Å². The summed E-state index contributed by atoms with van der Waals surface area (Å²) in [7, 11) is 0. The van der Waals surface area contributed by atoms with E-state index in [4.69, 9.17) is 10.7 Å². The van der Waals surface area contributed by atoms with Gasteiger partial charge in [-0.2, -0.15) is 0 Å². The highest BCUT2D eigenvalue weighted by Gasteiger charge is 2.23. The van der Waals surface area contributed by atoms with Crippen LogP contribution in [0.15, 0.2) is 36.5 Å². The van der Waals surface area contributed by atoms with Crippen molar-refractivity contribution in [1.29, 1.82) is 0 Å². The fourth-order valence-corrected chi connectivity index (χ4v) is 1.15. The van der Waals surface area contributed by atoms with Crippen molar-refractivity contribution >= 4 is 0 Å². The second-order valence-corrected chi connectivity index (χ2v) is 2.56. The van der Waals surface area contributed by atoms with Crippen LogP contribution in [0.3, 0.4) is 0 Å². The standard InChI is InChI=1S/C9H13NO/c1-2-6-9(11-10)7-4-3-5-8-9/h2-7H,8,10H2,1H3. The third kappa shape index (κ3) is 1.79. The zero-order chi connectivity index (χ0) is 8.16. The van der Waals surface area contributed by atoms with Gasteiger partial charge in [0.05, 0.1) is 0 Å². The first-order valence-electron chi connectivity index (χ1n) is 3.69. The van der Waals surface area contributed by atoms with E-state index in [0.717, 1.165) is 6.42 Å². The lowest BCUT2D eigenvalue weighted by Crippen LogP contribution is -2.31. The van der Waals surface area contributed by atoms with E-state index in [1.54, 1.807) is 0 Å². The molecule has 0 saturated carbocycles. The maximum atomic E-state index is 5.19. The quantitative estimate of drug-likeness (QED) is 0.481. The Morgan fingerprint density at radius 3 is 2.82 bits per heavy atom. The molecule has 0 aromatic heterocycles. The summed E-state index contributed by atoms with van der Waals surface area (Å²) < 4.78 is 0. The third-order valence-electron chi connectivity index (χ3n) is 1.73. The maximum absolute atomic E-state index is 5.19.